The van der Waals surface area contributed by atoms with Crippen LogP contribution in [-0.2, 0) is 10.1 Å². The molecule has 172 valence electrons. The van der Waals surface area contributed by atoms with Gasteiger partial charge in [-0.2, -0.15) is 13.5 Å². The fourth-order valence-electron chi connectivity index (χ4n) is 2.72. The van der Waals surface area contributed by atoms with Gasteiger partial charge in [-0.3, -0.25) is 4.79 Å². The zero-order valence-electron chi connectivity index (χ0n) is 17.8. The third kappa shape index (κ3) is 6.24. The van der Waals surface area contributed by atoms with Crippen LogP contribution in [0.4, 0.5) is 0 Å². The van der Waals surface area contributed by atoms with Crippen molar-refractivity contribution >= 4 is 33.8 Å². The molecule has 0 aliphatic carbocycles. The van der Waals surface area contributed by atoms with Gasteiger partial charge in [0.2, 0.25) is 5.75 Å². The number of nitrogens with one attached hydrogen (secondary N) is 1. The summed E-state index contributed by atoms with van der Waals surface area (Å²) in [5.41, 5.74) is 3.27. The Hall–Kier alpha value is -3.56. The summed E-state index contributed by atoms with van der Waals surface area (Å²) in [5.74, 6) is 0.192. The summed E-state index contributed by atoms with van der Waals surface area (Å²) in [6.45, 7) is 1.98. The second-order valence-corrected chi connectivity index (χ2v) is 8.49. The summed E-state index contributed by atoms with van der Waals surface area (Å²) >= 11 is 6.30. The third-order valence-electron chi connectivity index (χ3n) is 4.29. The molecular formula is C23H21ClN2O6S. The van der Waals surface area contributed by atoms with E-state index in [1.54, 1.807) is 49.4 Å². The molecule has 33 heavy (non-hydrogen) atoms. The smallest absolute Gasteiger partial charge is 0.339 e. The largest absolute Gasteiger partial charge is 0.497 e. The van der Waals surface area contributed by atoms with Crippen molar-refractivity contribution in [3.63, 3.8) is 0 Å². The maximum absolute atomic E-state index is 12.6. The van der Waals surface area contributed by atoms with E-state index in [2.05, 4.69) is 10.5 Å². The number of hydrogen-bond acceptors (Lipinski definition) is 7. The van der Waals surface area contributed by atoms with E-state index >= 15 is 0 Å². The van der Waals surface area contributed by atoms with Crippen molar-refractivity contribution in [1.29, 1.82) is 0 Å². The molecule has 0 fully saturated rings. The van der Waals surface area contributed by atoms with Gasteiger partial charge in [0.15, 0.2) is 5.75 Å². The second kappa shape index (κ2) is 10.8. The SMILES string of the molecule is CCOc1cc(/C=N/NC(=O)c2ccc(OC)cc2)cc(Cl)c1OS(=O)(=O)c1ccccc1. The number of methoxy groups -OCH3 is 1. The number of halogens is 1. The van der Waals surface area contributed by atoms with Crippen LogP contribution in [0, 0.1) is 0 Å². The molecule has 0 aliphatic rings. The number of amides is 1. The van der Waals surface area contributed by atoms with E-state index in [0.29, 0.717) is 16.9 Å². The quantitative estimate of drug-likeness (QED) is 0.274. The minimum Gasteiger partial charge on any atom is -0.497 e. The van der Waals surface area contributed by atoms with E-state index in [4.69, 9.17) is 25.3 Å². The second-order valence-electron chi connectivity index (χ2n) is 6.54. The highest BCUT2D eigenvalue weighted by molar-refractivity contribution is 7.87. The molecule has 0 unspecified atom stereocenters. The molecule has 1 N–H and O–H groups in total. The van der Waals surface area contributed by atoms with E-state index < -0.39 is 16.0 Å². The first-order valence-electron chi connectivity index (χ1n) is 9.77. The van der Waals surface area contributed by atoms with Gasteiger partial charge in [0.25, 0.3) is 5.91 Å². The summed E-state index contributed by atoms with van der Waals surface area (Å²) in [4.78, 5) is 12.2. The molecule has 0 saturated carbocycles. The van der Waals surface area contributed by atoms with Crippen molar-refractivity contribution in [2.75, 3.05) is 13.7 Å². The van der Waals surface area contributed by atoms with Gasteiger partial charge in [0.1, 0.15) is 10.6 Å². The van der Waals surface area contributed by atoms with Crippen molar-refractivity contribution in [3.8, 4) is 17.2 Å². The standard InChI is InChI=1S/C23H21ClN2O6S/c1-3-31-21-14-16(15-25-26-23(27)17-9-11-18(30-2)12-10-17)13-20(24)22(21)32-33(28,29)19-7-5-4-6-8-19/h4-15H,3H2,1-2H3,(H,26,27)/b25-15+. The van der Waals surface area contributed by atoms with E-state index in [-0.39, 0.29) is 28.0 Å². The Balaban J connectivity index is 1.79. The van der Waals surface area contributed by atoms with Crippen molar-refractivity contribution in [2.24, 2.45) is 5.10 Å². The van der Waals surface area contributed by atoms with Gasteiger partial charge >= 0.3 is 10.1 Å². The minimum absolute atomic E-state index is 0.00314. The van der Waals surface area contributed by atoms with E-state index in [1.807, 2.05) is 0 Å². The van der Waals surface area contributed by atoms with Gasteiger partial charge in [0.05, 0.1) is 25.0 Å². The highest BCUT2D eigenvalue weighted by Crippen LogP contribution is 2.38. The monoisotopic (exact) mass is 488 g/mol. The zero-order chi connectivity index (χ0) is 23.8. The number of hydrogen-bond donors (Lipinski definition) is 1. The predicted molar refractivity (Wildman–Crippen MR) is 125 cm³/mol. The van der Waals surface area contributed by atoms with Crippen LogP contribution in [0.5, 0.6) is 17.2 Å². The summed E-state index contributed by atoms with van der Waals surface area (Å²) in [6, 6.07) is 17.2. The molecule has 8 nitrogen and oxygen atoms in total. The zero-order valence-corrected chi connectivity index (χ0v) is 19.4. The van der Waals surface area contributed by atoms with Gasteiger partial charge in [-0.15, -0.1) is 0 Å². The third-order valence-corrected chi connectivity index (χ3v) is 5.80. The minimum atomic E-state index is -4.12. The number of hydrazone groups is 1. The fraction of sp³-hybridized carbons (Fsp3) is 0.130. The highest BCUT2D eigenvalue weighted by Gasteiger charge is 2.22. The summed E-state index contributed by atoms with van der Waals surface area (Å²) in [7, 11) is -2.58. The molecule has 3 rings (SSSR count). The van der Waals surface area contributed by atoms with Crippen molar-refractivity contribution in [2.45, 2.75) is 11.8 Å². The van der Waals surface area contributed by atoms with Crippen LogP contribution in [0.2, 0.25) is 5.02 Å². The normalized spacial score (nSPS) is 11.2. The van der Waals surface area contributed by atoms with Crippen LogP contribution in [-0.4, -0.2) is 34.3 Å². The molecule has 0 atom stereocenters. The Labute approximate surface area is 196 Å². The molecule has 0 bridgehead atoms. The molecule has 1 amide bonds. The Bertz CT molecular complexity index is 1250. The van der Waals surface area contributed by atoms with E-state index in [9.17, 15) is 13.2 Å². The van der Waals surface area contributed by atoms with Gasteiger partial charge in [-0.1, -0.05) is 29.8 Å². The molecule has 0 aliphatic heterocycles. The molecule has 0 saturated heterocycles. The lowest BCUT2D eigenvalue weighted by Crippen LogP contribution is -2.17. The van der Waals surface area contributed by atoms with Crippen LogP contribution in [0.15, 0.2) is 76.7 Å². The molecule has 0 radical (unpaired) electrons. The van der Waals surface area contributed by atoms with Crippen molar-refractivity contribution < 1.29 is 26.9 Å². The summed E-state index contributed by atoms with van der Waals surface area (Å²) < 4.78 is 41.1. The average molecular weight is 489 g/mol. The van der Waals surface area contributed by atoms with Gasteiger partial charge in [-0.25, -0.2) is 5.43 Å². The van der Waals surface area contributed by atoms with E-state index in [1.165, 1.54) is 37.6 Å². The van der Waals surface area contributed by atoms with E-state index in [0.717, 1.165) is 0 Å². The summed E-state index contributed by atoms with van der Waals surface area (Å²) in [6.07, 6.45) is 1.35. The number of nitrogens with zero attached hydrogens (tertiary/aromatic N) is 1. The number of benzene rings is 3. The van der Waals surface area contributed by atoms with Gasteiger partial charge in [-0.05, 0) is 61.0 Å². The number of rotatable bonds is 9. The Morgan fingerprint density at radius 1 is 1.09 bits per heavy atom. The number of ether oxygens (including phenoxy) is 2. The lowest BCUT2D eigenvalue weighted by molar-refractivity contribution is 0.0955. The highest BCUT2D eigenvalue weighted by atomic mass is 35.5. The van der Waals surface area contributed by atoms with Crippen LogP contribution in [0.3, 0.4) is 0 Å². The lowest BCUT2D eigenvalue weighted by atomic mass is 10.2. The first-order chi connectivity index (χ1) is 15.8. The fourth-order valence-corrected chi connectivity index (χ4v) is 4.01. The molecule has 0 aromatic heterocycles. The lowest BCUT2D eigenvalue weighted by Gasteiger charge is -2.14. The van der Waals surface area contributed by atoms with Crippen LogP contribution in [0.25, 0.3) is 0 Å². The van der Waals surface area contributed by atoms with Crippen molar-refractivity contribution in [3.05, 3.63) is 82.9 Å². The van der Waals surface area contributed by atoms with Crippen LogP contribution >= 0.6 is 11.6 Å². The van der Waals surface area contributed by atoms with Gasteiger partial charge in [0, 0.05) is 5.56 Å². The Morgan fingerprint density at radius 3 is 2.42 bits per heavy atom. The molecule has 0 spiro atoms. The molecule has 10 heteroatoms. The number of carbonyl (C=O) groups excluding carboxylic acids is 1. The first-order valence-corrected chi connectivity index (χ1v) is 11.6. The maximum Gasteiger partial charge on any atom is 0.339 e. The molecule has 3 aromatic carbocycles. The van der Waals surface area contributed by atoms with Crippen molar-refractivity contribution in [1.82, 2.24) is 5.43 Å². The van der Waals surface area contributed by atoms with Crippen LogP contribution in [0.1, 0.15) is 22.8 Å². The predicted octanol–water partition coefficient (Wildman–Crippen LogP) is 4.28. The average Bonchev–Trinajstić information content (AvgIpc) is 2.82. The molecular weight excluding hydrogens is 468 g/mol. The van der Waals surface area contributed by atoms with Gasteiger partial charge < -0.3 is 13.7 Å². The Morgan fingerprint density at radius 2 is 1.79 bits per heavy atom. The summed E-state index contributed by atoms with van der Waals surface area (Å²) in [5, 5.41) is 3.93. The molecule has 0 heterocycles. The maximum atomic E-state index is 12.6. The number of carbonyl (C=O) groups is 1. The molecule has 3 aromatic rings. The topological polar surface area (TPSA) is 103 Å². The first kappa shape index (κ1) is 24.1. The Kier molecular flexibility index (Phi) is 7.92. The van der Waals surface area contributed by atoms with Crippen LogP contribution < -0.4 is 19.1 Å².